The van der Waals surface area contributed by atoms with Gasteiger partial charge in [0.1, 0.15) is 24.9 Å². The van der Waals surface area contributed by atoms with Gasteiger partial charge in [-0.15, -0.1) is 0 Å². The van der Waals surface area contributed by atoms with E-state index in [-0.39, 0.29) is 22.1 Å². The van der Waals surface area contributed by atoms with Crippen LogP contribution in [0.25, 0.3) is 0 Å². The molecule has 8 nitrogen and oxygen atoms in total. The Morgan fingerprint density at radius 2 is 1.62 bits per heavy atom. The van der Waals surface area contributed by atoms with Gasteiger partial charge in [0.25, 0.3) is 11.8 Å². The number of oxime groups is 1. The third-order valence-electron chi connectivity index (χ3n) is 3.50. The van der Waals surface area contributed by atoms with Crippen molar-refractivity contribution in [2.45, 2.75) is 0 Å². The number of halogens is 2. The first-order chi connectivity index (χ1) is 14.0. The molecule has 0 aliphatic carbocycles. The summed E-state index contributed by atoms with van der Waals surface area (Å²) in [6.07, 6.45) is 1.04. The fourth-order valence-electron chi connectivity index (χ4n) is 2.26. The molecule has 0 radical (unpaired) electrons. The van der Waals surface area contributed by atoms with Crippen LogP contribution in [0.3, 0.4) is 0 Å². The number of ether oxygens (including phenoxy) is 2. The van der Waals surface area contributed by atoms with Gasteiger partial charge in [0, 0.05) is 0 Å². The molecular formula is C19H13ClFN3O5. The van der Waals surface area contributed by atoms with Crippen molar-refractivity contribution in [1.82, 2.24) is 9.97 Å². The summed E-state index contributed by atoms with van der Waals surface area (Å²) in [5.74, 6) is -3.05. The van der Waals surface area contributed by atoms with Gasteiger partial charge >= 0.3 is 5.97 Å². The number of para-hydroxylation sites is 2. The van der Waals surface area contributed by atoms with Crippen molar-refractivity contribution in [1.29, 1.82) is 0 Å². The second kappa shape index (κ2) is 8.98. The molecule has 0 saturated carbocycles. The fraction of sp³-hybridized carbons (Fsp3) is 0.0526. The van der Waals surface area contributed by atoms with Crippen molar-refractivity contribution in [2.75, 3.05) is 7.11 Å². The molecule has 1 N–H and O–H groups in total. The van der Waals surface area contributed by atoms with E-state index < -0.39 is 29.3 Å². The first kappa shape index (κ1) is 20.0. The first-order valence-corrected chi connectivity index (χ1v) is 8.43. The van der Waals surface area contributed by atoms with Gasteiger partial charge in [-0.2, -0.15) is 14.4 Å². The number of rotatable bonds is 7. The highest BCUT2D eigenvalue weighted by atomic mass is 35.5. The molecule has 0 aliphatic heterocycles. The summed E-state index contributed by atoms with van der Waals surface area (Å²) in [5.41, 5.74) is -0.362. The molecule has 148 valence electrons. The minimum atomic E-state index is -1.35. The minimum Gasteiger partial charge on any atom is -0.476 e. The predicted molar refractivity (Wildman–Crippen MR) is 101 cm³/mol. The zero-order valence-corrected chi connectivity index (χ0v) is 15.6. The van der Waals surface area contributed by atoms with Gasteiger partial charge in [0.15, 0.2) is 5.71 Å². The summed E-state index contributed by atoms with van der Waals surface area (Å²) >= 11 is 6.01. The van der Waals surface area contributed by atoms with E-state index in [1.807, 2.05) is 0 Å². The maximum absolute atomic E-state index is 14.8. The van der Waals surface area contributed by atoms with Gasteiger partial charge in [0.2, 0.25) is 5.82 Å². The number of aromatic nitrogens is 2. The molecule has 10 heteroatoms. The van der Waals surface area contributed by atoms with Crippen molar-refractivity contribution < 1.29 is 28.6 Å². The van der Waals surface area contributed by atoms with Crippen molar-refractivity contribution in [3.63, 3.8) is 0 Å². The number of aliphatic carboxylic acids is 1. The lowest BCUT2D eigenvalue weighted by molar-refractivity contribution is -0.129. The van der Waals surface area contributed by atoms with Gasteiger partial charge in [-0.1, -0.05) is 41.0 Å². The van der Waals surface area contributed by atoms with Crippen LogP contribution in [0.15, 0.2) is 60.0 Å². The Morgan fingerprint density at radius 1 is 1.03 bits per heavy atom. The number of carbonyl (C=O) groups is 1. The van der Waals surface area contributed by atoms with E-state index in [4.69, 9.17) is 21.1 Å². The Labute approximate surface area is 169 Å². The Balaban J connectivity index is 1.95. The summed E-state index contributed by atoms with van der Waals surface area (Å²) in [6.45, 7) is 0. The smallest absolute Gasteiger partial charge is 0.358 e. The highest BCUT2D eigenvalue weighted by Crippen LogP contribution is 2.33. The molecule has 0 fully saturated rings. The summed E-state index contributed by atoms with van der Waals surface area (Å²) < 4.78 is 25.7. The molecule has 0 spiro atoms. The molecule has 3 rings (SSSR count). The van der Waals surface area contributed by atoms with E-state index >= 15 is 0 Å². The average Bonchev–Trinajstić information content (AvgIpc) is 2.71. The van der Waals surface area contributed by atoms with Gasteiger partial charge < -0.3 is 19.4 Å². The average molecular weight is 418 g/mol. The minimum absolute atomic E-state index is 0.00741. The lowest BCUT2D eigenvalue weighted by Gasteiger charge is -2.12. The second-order valence-electron chi connectivity index (χ2n) is 5.36. The molecule has 29 heavy (non-hydrogen) atoms. The number of carboxylic acid groups (broad SMARTS) is 1. The Bertz CT molecular complexity index is 1080. The van der Waals surface area contributed by atoms with E-state index in [9.17, 15) is 14.3 Å². The third-order valence-corrected chi connectivity index (χ3v) is 3.82. The van der Waals surface area contributed by atoms with Gasteiger partial charge in [-0.05, 0) is 24.3 Å². The first-order valence-electron chi connectivity index (χ1n) is 8.05. The van der Waals surface area contributed by atoms with Crippen LogP contribution in [0.2, 0.25) is 5.02 Å². The van der Waals surface area contributed by atoms with Crippen LogP contribution >= 0.6 is 11.6 Å². The number of benzene rings is 2. The van der Waals surface area contributed by atoms with Gasteiger partial charge in [-0.25, -0.2) is 4.79 Å². The van der Waals surface area contributed by atoms with Crippen LogP contribution in [-0.2, 0) is 9.63 Å². The summed E-state index contributed by atoms with van der Waals surface area (Å²) in [5, 5.41) is 13.1. The van der Waals surface area contributed by atoms with E-state index in [1.165, 1.54) is 19.2 Å². The number of carboxylic acids is 1. The topological polar surface area (TPSA) is 103 Å². The van der Waals surface area contributed by atoms with Crippen LogP contribution < -0.4 is 9.47 Å². The summed E-state index contributed by atoms with van der Waals surface area (Å²) in [4.78, 5) is 23.5. The monoisotopic (exact) mass is 417 g/mol. The van der Waals surface area contributed by atoms with E-state index in [2.05, 4.69) is 20.0 Å². The highest BCUT2D eigenvalue weighted by molar-refractivity contribution is 6.43. The molecule has 0 amide bonds. The SMILES string of the molecule is CON=C(C(=O)O)c1ccccc1Oc1ncnc(Oc2ccccc2Cl)c1F. The zero-order valence-electron chi connectivity index (χ0n) is 14.9. The Morgan fingerprint density at radius 3 is 2.24 bits per heavy atom. The second-order valence-corrected chi connectivity index (χ2v) is 5.76. The predicted octanol–water partition coefficient (Wildman–Crippen LogP) is 4.29. The molecule has 0 aliphatic rings. The van der Waals surface area contributed by atoms with Crippen LogP contribution in [0.5, 0.6) is 23.3 Å². The largest absolute Gasteiger partial charge is 0.476 e. The lowest BCUT2D eigenvalue weighted by atomic mass is 10.1. The molecule has 0 unspecified atom stereocenters. The van der Waals surface area contributed by atoms with Crippen LogP contribution in [-0.4, -0.2) is 33.9 Å². The number of nitrogens with zero attached hydrogens (tertiary/aromatic N) is 3. The normalized spacial score (nSPS) is 11.1. The number of hydrogen-bond acceptors (Lipinski definition) is 7. The molecule has 1 aromatic heterocycles. The van der Waals surface area contributed by atoms with E-state index in [1.54, 1.807) is 36.4 Å². The Kier molecular flexibility index (Phi) is 6.20. The van der Waals surface area contributed by atoms with Crippen molar-refractivity contribution in [2.24, 2.45) is 5.16 Å². The van der Waals surface area contributed by atoms with Crippen LogP contribution in [0, 0.1) is 5.82 Å². The van der Waals surface area contributed by atoms with Crippen molar-refractivity contribution in [3.05, 3.63) is 71.3 Å². The molecule has 1 heterocycles. The van der Waals surface area contributed by atoms with Crippen LogP contribution in [0.4, 0.5) is 4.39 Å². The standard InChI is InChI=1S/C19H13ClFN3O5/c1-27-24-16(19(25)26)11-6-2-4-8-13(11)28-17-15(21)18(23-10-22-17)29-14-9-5-3-7-12(14)20/h2-10H,1H3,(H,25,26). The molecule has 0 saturated heterocycles. The highest BCUT2D eigenvalue weighted by Gasteiger charge is 2.22. The third kappa shape index (κ3) is 4.58. The molecule has 3 aromatic rings. The van der Waals surface area contributed by atoms with Gasteiger partial charge in [-0.3, -0.25) is 0 Å². The maximum Gasteiger partial charge on any atom is 0.358 e. The zero-order chi connectivity index (χ0) is 20.8. The maximum atomic E-state index is 14.8. The fourth-order valence-corrected chi connectivity index (χ4v) is 2.44. The van der Waals surface area contributed by atoms with Crippen molar-refractivity contribution >= 4 is 23.3 Å². The van der Waals surface area contributed by atoms with Crippen LogP contribution in [0.1, 0.15) is 5.56 Å². The quantitative estimate of drug-likeness (QED) is 0.451. The number of hydrogen-bond donors (Lipinski definition) is 1. The van der Waals surface area contributed by atoms with E-state index in [0.29, 0.717) is 0 Å². The summed E-state index contributed by atoms with van der Waals surface area (Å²) in [6, 6.07) is 12.5. The van der Waals surface area contributed by atoms with Crippen molar-refractivity contribution in [3.8, 4) is 23.3 Å². The Hall–Kier alpha value is -3.72. The van der Waals surface area contributed by atoms with E-state index in [0.717, 1.165) is 6.33 Å². The lowest BCUT2D eigenvalue weighted by Crippen LogP contribution is -2.16. The molecule has 2 aromatic carbocycles. The molecule has 0 bridgehead atoms. The molecular weight excluding hydrogens is 405 g/mol. The van der Waals surface area contributed by atoms with Gasteiger partial charge in [0.05, 0.1) is 10.6 Å². The summed E-state index contributed by atoms with van der Waals surface area (Å²) in [7, 11) is 1.20. The molecule has 0 atom stereocenters.